The molecule has 0 radical (unpaired) electrons. The molecule has 6 rings (SSSR count). The summed E-state index contributed by atoms with van der Waals surface area (Å²) in [4.78, 5) is 23.9. The first-order chi connectivity index (χ1) is 18.3. The second-order valence-corrected chi connectivity index (χ2v) is 10.3. The van der Waals surface area contributed by atoms with Gasteiger partial charge in [0.05, 0.1) is 53.8 Å². The van der Waals surface area contributed by atoms with Crippen LogP contribution in [0.2, 0.25) is 0 Å². The van der Waals surface area contributed by atoms with Crippen molar-refractivity contribution in [2.24, 2.45) is 5.92 Å². The molecule has 0 spiro atoms. The Morgan fingerprint density at radius 3 is 2.84 bits per heavy atom. The summed E-state index contributed by atoms with van der Waals surface area (Å²) in [6.45, 7) is 6.49. The number of nitrogens with zero attached hydrogens (tertiary/aromatic N) is 4. The number of hydrogen-bond donors (Lipinski definition) is 3. The number of carbonyl (C=O) groups excluding carboxylic acids is 1. The van der Waals surface area contributed by atoms with E-state index in [9.17, 15) is 14.3 Å². The number of benzene rings is 1. The van der Waals surface area contributed by atoms with Crippen LogP contribution in [-0.2, 0) is 11.3 Å². The Morgan fingerprint density at radius 1 is 1.18 bits per heavy atom. The number of carbonyl (C=O) groups is 1. The van der Waals surface area contributed by atoms with Gasteiger partial charge in [-0.2, -0.15) is 0 Å². The highest BCUT2D eigenvalue weighted by atomic mass is 19.1. The SMILES string of the molecule is CC(C)(O)[C@@H]1COCCN(c2ccc(Nc3ccc(-c4cnc5cc(F)ccn45)c4c3C(=O)NC4)nc2)C1. The number of halogens is 1. The third kappa shape index (κ3) is 4.46. The number of fused-ring (bicyclic) bond motifs is 2. The molecular formula is C28H29FN6O3. The number of aromatic nitrogens is 3. The van der Waals surface area contributed by atoms with Crippen LogP contribution in [0, 0.1) is 11.7 Å². The predicted octanol–water partition coefficient (Wildman–Crippen LogP) is 3.75. The van der Waals surface area contributed by atoms with Crippen molar-refractivity contribution in [3.63, 3.8) is 0 Å². The molecule has 1 fully saturated rings. The molecule has 0 unspecified atom stereocenters. The summed E-state index contributed by atoms with van der Waals surface area (Å²) >= 11 is 0. The highest BCUT2D eigenvalue weighted by molar-refractivity contribution is 6.06. The standard InChI is InChI=1S/C28H29FN6O3/c1-28(2,37)17-15-34(9-10-38-16-17)19-3-6-24(30-12-19)33-22-5-4-20(21-13-32-27(36)26(21)22)23-14-31-25-11-18(29)7-8-35(23)25/h3-8,11-12,14,17,37H,9-10,13,15-16H2,1-2H3,(H,30,33)(H,32,36)/t17-/m0/s1. The number of hydrogen-bond acceptors (Lipinski definition) is 7. The molecule has 9 nitrogen and oxygen atoms in total. The molecule has 196 valence electrons. The van der Waals surface area contributed by atoms with Crippen molar-refractivity contribution in [3.05, 3.63) is 71.9 Å². The summed E-state index contributed by atoms with van der Waals surface area (Å²) in [5, 5.41) is 16.7. The van der Waals surface area contributed by atoms with Gasteiger partial charge in [0.15, 0.2) is 0 Å². The number of pyridine rings is 2. The molecule has 10 heteroatoms. The van der Waals surface area contributed by atoms with E-state index in [-0.39, 0.29) is 17.6 Å². The van der Waals surface area contributed by atoms with Crippen molar-refractivity contribution in [2.75, 3.05) is 36.5 Å². The quantitative estimate of drug-likeness (QED) is 0.371. The molecule has 0 bridgehead atoms. The predicted molar refractivity (Wildman–Crippen MR) is 142 cm³/mol. The van der Waals surface area contributed by atoms with Gasteiger partial charge >= 0.3 is 0 Å². The van der Waals surface area contributed by atoms with E-state index in [0.717, 1.165) is 22.5 Å². The van der Waals surface area contributed by atoms with E-state index < -0.39 is 5.60 Å². The first-order valence-electron chi connectivity index (χ1n) is 12.6. The van der Waals surface area contributed by atoms with Crippen molar-refractivity contribution >= 4 is 28.7 Å². The molecular weight excluding hydrogens is 487 g/mol. The van der Waals surface area contributed by atoms with E-state index in [1.54, 1.807) is 18.6 Å². The molecule has 0 saturated carbocycles. The minimum atomic E-state index is -0.843. The molecule has 38 heavy (non-hydrogen) atoms. The lowest BCUT2D eigenvalue weighted by atomic mass is 9.91. The van der Waals surface area contributed by atoms with Crippen LogP contribution in [0.15, 0.2) is 55.0 Å². The molecule has 1 amide bonds. The number of aliphatic hydroxyl groups is 1. The van der Waals surface area contributed by atoms with Crippen LogP contribution in [0.3, 0.4) is 0 Å². The fourth-order valence-corrected chi connectivity index (χ4v) is 5.10. The van der Waals surface area contributed by atoms with Gasteiger partial charge < -0.3 is 25.4 Å². The van der Waals surface area contributed by atoms with Crippen LogP contribution < -0.4 is 15.5 Å². The second kappa shape index (κ2) is 9.38. The summed E-state index contributed by atoms with van der Waals surface area (Å²) in [5.41, 5.74) is 4.31. The number of ether oxygens (including phenoxy) is 1. The van der Waals surface area contributed by atoms with Crippen molar-refractivity contribution in [2.45, 2.75) is 26.0 Å². The van der Waals surface area contributed by atoms with Crippen LogP contribution in [0.25, 0.3) is 16.9 Å². The number of anilines is 3. The first-order valence-corrected chi connectivity index (χ1v) is 12.6. The van der Waals surface area contributed by atoms with Crippen molar-refractivity contribution in [1.29, 1.82) is 0 Å². The number of amides is 1. The average molecular weight is 517 g/mol. The Kier molecular flexibility index (Phi) is 6.00. The molecule has 1 aromatic carbocycles. The van der Waals surface area contributed by atoms with E-state index >= 15 is 0 Å². The molecule has 0 aliphatic carbocycles. The lowest BCUT2D eigenvalue weighted by Crippen LogP contribution is -2.41. The average Bonchev–Trinajstić information content (AvgIpc) is 3.38. The van der Waals surface area contributed by atoms with Gasteiger partial charge in [-0.15, -0.1) is 0 Å². The number of imidazole rings is 1. The maximum absolute atomic E-state index is 13.7. The van der Waals surface area contributed by atoms with Crippen molar-refractivity contribution in [3.8, 4) is 11.3 Å². The molecule has 2 aliphatic heterocycles. The van der Waals surface area contributed by atoms with Gasteiger partial charge in [-0.05, 0) is 43.7 Å². The van der Waals surface area contributed by atoms with Gasteiger partial charge in [0, 0.05) is 43.4 Å². The monoisotopic (exact) mass is 516 g/mol. The van der Waals surface area contributed by atoms with Crippen LogP contribution in [0.4, 0.5) is 21.6 Å². The van der Waals surface area contributed by atoms with Crippen LogP contribution >= 0.6 is 0 Å². The minimum absolute atomic E-state index is 0.0191. The van der Waals surface area contributed by atoms with Crippen LogP contribution in [0.5, 0.6) is 0 Å². The highest BCUT2D eigenvalue weighted by Gasteiger charge is 2.31. The third-order valence-electron chi connectivity index (χ3n) is 7.36. The Morgan fingerprint density at radius 2 is 2.05 bits per heavy atom. The first kappa shape index (κ1) is 24.3. The summed E-state index contributed by atoms with van der Waals surface area (Å²) < 4.78 is 21.2. The third-order valence-corrected chi connectivity index (χ3v) is 7.36. The summed E-state index contributed by atoms with van der Waals surface area (Å²) in [6, 6.07) is 10.4. The Hall–Kier alpha value is -4.02. The van der Waals surface area contributed by atoms with Crippen LogP contribution in [-0.4, -0.2) is 57.3 Å². The molecule has 2 aliphatic rings. The maximum Gasteiger partial charge on any atom is 0.254 e. The molecule has 3 N–H and O–H groups in total. The Labute approximate surface area is 219 Å². The van der Waals surface area contributed by atoms with Gasteiger partial charge in [-0.3, -0.25) is 9.20 Å². The fraction of sp³-hybridized carbons (Fsp3) is 0.321. The highest BCUT2D eigenvalue weighted by Crippen LogP contribution is 2.35. The zero-order valence-corrected chi connectivity index (χ0v) is 21.2. The second-order valence-electron chi connectivity index (χ2n) is 10.3. The van der Waals surface area contributed by atoms with Gasteiger partial charge in [0.25, 0.3) is 5.91 Å². The number of nitrogens with one attached hydrogen (secondary N) is 2. The van der Waals surface area contributed by atoms with E-state index in [1.807, 2.05) is 42.5 Å². The molecule has 4 aromatic rings. The van der Waals surface area contributed by atoms with Gasteiger partial charge in [0.2, 0.25) is 0 Å². The van der Waals surface area contributed by atoms with E-state index in [4.69, 9.17) is 4.74 Å². The largest absolute Gasteiger partial charge is 0.390 e. The van der Waals surface area contributed by atoms with E-state index in [2.05, 4.69) is 25.5 Å². The van der Waals surface area contributed by atoms with Gasteiger partial charge in [-0.1, -0.05) is 6.07 Å². The molecule has 5 heterocycles. The van der Waals surface area contributed by atoms with Crippen LogP contribution in [0.1, 0.15) is 29.8 Å². The lowest BCUT2D eigenvalue weighted by Gasteiger charge is -2.32. The van der Waals surface area contributed by atoms with Crippen molar-refractivity contribution in [1.82, 2.24) is 19.7 Å². The maximum atomic E-state index is 13.7. The van der Waals surface area contributed by atoms with E-state index in [0.29, 0.717) is 55.6 Å². The smallest absolute Gasteiger partial charge is 0.254 e. The Bertz CT molecular complexity index is 1510. The summed E-state index contributed by atoms with van der Waals surface area (Å²) in [7, 11) is 0. The van der Waals surface area contributed by atoms with Gasteiger partial charge in [0.1, 0.15) is 17.3 Å². The summed E-state index contributed by atoms with van der Waals surface area (Å²) in [5.74, 6) is 0.0761. The lowest BCUT2D eigenvalue weighted by molar-refractivity contribution is -0.0158. The molecule has 1 atom stereocenters. The van der Waals surface area contributed by atoms with Crippen molar-refractivity contribution < 1.29 is 19.0 Å². The number of rotatable bonds is 5. The zero-order valence-electron chi connectivity index (χ0n) is 21.2. The molecule has 3 aromatic heterocycles. The fourth-order valence-electron chi connectivity index (χ4n) is 5.10. The van der Waals surface area contributed by atoms with Gasteiger partial charge in [-0.25, -0.2) is 14.4 Å². The zero-order chi connectivity index (χ0) is 26.4. The molecule has 1 saturated heterocycles. The Balaban J connectivity index is 1.27. The normalized spacial score (nSPS) is 17.8. The summed E-state index contributed by atoms with van der Waals surface area (Å²) in [6.07, 6.45) is 5.12. The topological polar surface area (TPSA) is 104 Å². The van der Waals surface area contributed by atoms with E-state index in [1.165, 1.54) is 12.1 Å². The minimum Gasteiger partial charge on any atom is -0.390 e.